The predicted octanol–water partition coefficient (Wildman–Crippen LogP) is -1.42. The van der Waals surface area contributed by atoms with E-state index in [9.17, 15) is 19.8 Å². The van der Waals surface area contributed by atoms with Crippen LogP contribution in [-0.2, 0) is 14.3 Å². The number of hydrogen-bond donors (Lipinski definition) is 5. The number of ketones is 1. The largest absolute Gasteiger partial charge is 0.490 e. The maximum absolute atomic E-state index is 11.0. The Bertz CT molecular complexity index is 427. The second-order valence-electron chi connectivity index (χ2n) is 5.41. The lowest BCUT2D eigenvalue weighted by Crippen LogP contribution is -2.54. The smallest absolute Gasteiger partial charge is 0.247 e. The monoisotopic (exact) mass is 315 g/mol. The van der Waals surface area contributed by atoms with Crippen molar-refractivity contribution in [1.29, 1.82) is 0 Å². The van der Waals surface area contributed by atoms with Crippen LogP contribution < -0.4 is 16.6 Å². The molecule has 0 aromatic rings. The molecule has 0 saturated carbocycles. The van der Waals surface area contributed by atoms with Crippen LogP contribution >= 0.6 is 0 Å². The number of allylic oxidation sites excluding steroid dienone is 1. The first-order chi connectivity index (χ1) is 10.4. The molecule has 0 spiro atoms. The maximum Gasteiger partial charge on any atom is 0.247 e. The number of nitrogens with one attached hydrogen (secondary N) is 2. The van der Waals surface area contributed by atoms with Gasteiger partial charge in [0.1, 0.15) is 18.0 Å². The number of rotatable bonds is 7. The van der Waals surface area contributed by atoms with Gasteiger partial charge in [0.25, 0.3) is 0 Å². The standard InChI is InChI=1S/C14H25N3O5/c1-8(18)4-3-5-10-9(2)13(20)14(21)11(22-10)7-16-17-12(19)6-15/h5,9,11,13-14,16,20-21H,3-4,6-7,15H2,1-2H3,(H,17,19)/b10-5+/t9?,11?,13-,14-/m1/s1. The number of hydrazine groups is 1. The number of Topliss-reactive ketones (excluding diaryl/α,β-unsaturated/α-hetero) is 1. The van der Waals surface area contributed by atoms with Gasteiger partial charge in [-0.15, -0.1) is 0 Å². The van der Waals surface area contributed by atoms with E-state index in [0.717, 1.165) is 0 Å². The van der Waals surface area contributed by atoms with Crippen molar-refractivity contribution in [1.82, 2.24) is 10.9 Å². The Morgan fingerprint density at radius 3 is 2.64 bits per heavy atom. The molecule has 0 aromatic carbocycles. The van der Waals surface area contributed by atoms with Gasteiger partial charge in [0.05, 0.1) is 25.0 Å². The van der Waals surface area contributed by atoms with Gasteiger partial charge in [-0.3, -0.25) is 10.2 Å². The molecule has 0 aromatic heterocycles. The van der Waals surface area contributed by atoms with Crippen LogP contribution in [0, 0.1) is 5.92 Å². The molecule has 22 heavy (non-hydrogen) atoms. The Hall–Kier alpha value is -1.48. The second kappa shape index (κ2) is 8.84. The maximum atomic E-state index is 11.0. The molecule has 1 aliphatic heterocycles. The van der Waals surface area contributed by atoms with E-state index in [1.807, 2.05) is 0 Å². The molecule has 8 heteroatoms. The predicted molar refractivity (Wildman–Crippen MR) is 79.2 cm³/mol. The lowest BCUT2D eigenvalue weighted by atomic mass is 9.90. The molecule has 8 nitrogen and oxygen atoms in total. The topological polar surface area (TPSA) is 134 Å². The lowest BCUT2D eigenvalue weighted by molar-refractivity contribution is -0.130. The third kappa shape index (κ3) is 5.38. The molecule has 126 valence electrons. The Morgan fingerprint density at radius 2 is 2.05 bits per heavy atom. The minimum Gasteiger partial charge on any atom is -0.490 e. The third-order valence-electron chi connectivity index (χ3n) is 3.54. The zero-order valence-corrected chi connectivity index (χ0v) is 12.9. The number of carbonyl (C=O) groups excluding carboxylic acids is 2. The molecule has 1 fully saturated rings. The molecule has 6 N–H and O–H groups in total. The SMILES string of the molecule is CC(=O)CC/C=C1/OC(CNNC(=O)CN)[C@@H](O)[C@H](O)C1C. The molecule has 1 heterocycles. The van der Waals surface area contributed by atoms with Crippen LogP contribution in [0.3, 0.4) is 0 Å². The summed E-state index contributed by atoms with van der Waals surface area (Å²) in [4.78, 5) is 22.0. The Labute approximate surface area is 129 Å². The van der Waals surface area contributed by atoms with Crippen molar-refractivity contribution in [2.75, 3.05) is 13.1 Å². The summed E-state index contributed by atoms with van der Waals surface area (Å²) < 4.78 is 5.67. The van der Waals surface area contributed by atoms with Gasteiger partial charge in [-0.05, 0) is 19.4 Å². The van der Waals surface area contributed by atoms with E-state index in [4.69, 9.17) is 10.5 Å². The van der Waals surface area contributed by atoms with Gasteiger partial charge in [-0.25, -0.2) is 5.43 Å². The highest BCUT2D eigenvalue weighted by Gasteiger charge is 2.39. The lowest BCUT2D eigenvalue weighted by Gasteiger charge is -2.38. The van der Waals surface area contributed by atoms with Crippen LogP contribution in [0.25, 0.3) is 0 Å². The summed E-state index contributed by atoms with van der Waals surface area (Å²) in [5.41, 5.74) is 10.1. The molecule has 1 aliphatic rings. The minimum atomic E-state index is -1.08. The van der Waals surface area contributed by atoms with Crippen molar-refractivity contribution in [3.63, 3.8) is 0 Å². The number of nitrogens with two attached hydrogens (primary N) is 1. The quantitative estimate of drug-likeness (QED) is 0.364. The molecular weight excluding hydrogens is 290 g/mol. The van der Waals surface area contributed by atoms with Gasteiger partial charge in [0.2, 0.25) is 5.91 Å². The Kier molecular flexibility index (Phi) is 7.46. The van der Waals surface area contributed by atoms with Gasteiger partial charge in [-0.2, -0.15) is 0 Å². The normalized spacial score (nSPS) is 30.0. The van der Waals surface area contributed by atoms with Crippen LogP contribution in [0.1, 0.15) is 26.7 Å². The Morgan fingerprint density at radius 1 is 1.36 bits per heavy atom. The van der Waals surface area contributed by atoms with Crippen LogP contribution in [0.15, 0.2) is 11.8 Å². The van der Waals surface area contributed by atoms with Crippen LogP contribution in [0.2, 0.25) is 0 Å². The number of aliphatic hydroxyl groups excluding tert-OH is 2. The highest BCUT2D eigenvalue weighted by molar-refractivity contribution is 5.77. The van der Waals surface area contributed by atoms with Crippen LogP contribution in [-0.4, -0.2) is 53.3 Å². The molecule has 0 radical (unpaired) electrons. The molecule has 0 aliphatic carbocycles. The highest BCUT2D eigenvalue weighted by Crippen LogP contribution is 2.29. The number of hydrogen-bond acceptors (Lipinski definition) is 7. The van der Waals surface area contributed by atoms with Crippen molar-refractivity contribution in [2.45, 2.75) is 45.0 Å². The molecule has 2 unspecified atom stereocenters. The Balaban J connectivity index is 2.61. The van der Waals surface area contributed by atoms with Crippen molar-refractivity contribution in [2.24, 2.45) is 11.7 Å². The van der Waals surface area contributed by atoms with E-state index in [-0.39, 0.29) is 24.8 Å². The van der Waals surface area contributed by atoms with Crippen molar-refractivity contribution in [3.05, 3.63) is 11.8 Å². The number of amides is 1. The number of carbonyl (C=O) groups is 2. The van der Waals surface area contributed by atoms with Gasteiger partial charge < -0.3 is 25.5 Å². The average Bonchev–Trinajstić information content (AvgIpc) is 2.48. The van der Waals surface area contributed by atoms with Gasteiger partial charge in [-0.1, -0.05) is 6.92 Å². The first-order valence-corrected chi connectivity index (χ1v) is 7.30. The van der Waals surface area contributed by atoms with Gasteiger partial charge in [0.15, 0.2) is 0 Å². The van der Waals surface area contributed by atoms with E-state index in [0.29, 0.717) is 18.6 Å². The van der Waals surface area contributed by atoms with Gasteiger partial charge in [0, 0.05) is 12.3 Å². The van der Waals surface area contributed by atoms with E-state index in [1.165, 1.54) is 6.92 Å². The summed E-state index contributed by atoms with van der Waals surface area (Å²) in [6, 6.07) is 0. The summed E-state index contributed by atoms with van der Waals surface area (Å²) >= 11 is 0. The highest BCUT2D eigenvalue weighted by atomic mass is 16.5. The first kappa shape index (κ1) is 18.6. The van der Waals surface area contributed by atoms with Crippen LogP contribution in [0.5, 0.6) is 0 Å². The summed E-state index contributed by atoms with van der Waals surface area (Å²) in [7, 11) is 0. The van der Waals surface area contributed by atoms with Crippen molar-refractivity contribution >= 4 is 11.7 Å². The number of aliphatic hydroxyl groups is 2. The third-order valence-corrected chi connectivity index (χ3v) is 3.54. The van der Waals surface area contributed by atoms with E-state index < -0.39 is 24.2 Å². The zero-order valence-electron chi connectivity index (χ0n) is 12.9. The average molecular weight is 315 g/mol. The molecule has 0 bridgehead atoms. The zero-order chi connectivity index (χ0) is 16.7. The second-order valence-corrected chi connectivity index (χ2v) is 5.41. The van der Waals surface area contributed by atoms with E-state index >= 15 is 0 Å². The summed E-state index contributed by atoms with van der Waals surface area (Å²) in [6.45, 7) is 3.21. The van der Waals surface area contributed by atoms with Crippen molar-refractivity contribution in [3.8, 4) is 0 Å². The summed E-state index contributed by atoms with van der Waals surface area (Å²) in [5.74, 6) is -0.145. The fourth-order valence-electron chi connectivity index (χ4n) is 2.15. The number of ether oxygens (including phenoxy) is 1. The van der Waals surface area contributed by atoms with Gasteiger partial charge >= 0.3 is 0 Å². The first-order valence-electron chi connectivity index (χ1n) is 7.30. The molecule has 1 rings (SSSR count). The minimum absolute atomic E-state index is 0.0728. The van der Waals surface area contributed by atoms with E-state index in [2.05, 4.69) is 10.9 Å². The van der Waals surface area contributed by atoms with Crippen LogP contribution in [0.4, 0.5) is 0 Å². The van der Waals surface area contributed by atoms with Crippen molar-refractivity contribution < 1.29 is 24.5 Å². The summed E-state index contributed by atoms with van der Waals surface area (Å²) in [6.07, 6.45) is -0.105. The summed E-state index contributed by atoms with van der Waals surface area (Å²) in [5, 5.41) is 20.1. The molecule has 1 amide bonds. The fourth-order valence-corrected chi connectivity index (χ4v) is 2.15. The van der Waals surface area contributed by atoms with E-state index in [1.54, 1.807) is 13.0 Å². The molecular formula is C14H25N3O5. The molecule has 1 saturated heterocycles. The molecule has 4 atom stereocenters. The fraction of sp³-hybridized carbons (Fsp3) is 0.714.